The summed E-state index contributed by atoms with van der Waals surface area (Å²) < 4.78 is 1.35. The second-order valence-electron chi connectivity index (χ2n) is 6.76. The minimum Gasteiger partial charge on any atom is -0.371 e. The molecule has 1 aliphatic rings. The van der Waals surface area contributed by atoms with Crippen LogP contribution in [-0.2, 0) is 11.3 Å². The lowest BCUT2D eigenvalue weighted by Crippen LogP contribution is -2.35. The van der Waals surface area contributed by atoms with Crippen LogP contribution in [0.3, 0.4) is 0 Å². The maximum absolute atomic E-state index is 12.4. The van der Waals surface area contributed by atoms with Crippen LogP contribution in [0, 0.1) is 5.92 Å². The smallest absolute Gasteiger partial charge is 0.328 e. The summed E-state index contributed by atoms with van der Waals surface area (Å²) in [5, 5.41) is 0. The average molecular weight is 356 g/mol. The first-order chi connectivity index (χ1) is 12.5. The van der Waals surface area contributed by atoms with Crippen LogP contribution in [-0.4, -0.2) is 47.0 Å². The van der Waals surface area contributed by atoms with Gasteiger partial charge in [-0.2, -0.15) is 0 Å². The Kier molecular flexibility index (Phi) is 5.55. The molecule has 0 radical (unpaired) electrons. The van der Waals surface area contributed by atoms with Crippen LogP contribution in [0.2, 0.25) is 0 Å². The lowest BCUT2D eigenvalue weighted by Gasteiger charge is -2.23. The van der Waals surface area contributed by atoms with Crippen molar-refractivity contribution >= 4 is 11.6 Å². The van der Waals surface area contributed by atoms with Crippen LogP contribution in [0.1, 0.15) is 12.8 Å². The fraction of sp³-hybridized carbons (Fsp3) is 0.421. The first kappa shape index (κ1) is 18.0. The third-order valence-corrected chi connectivity index (χ3v) is 4.83. The summed E-state index contributed by atoms with van der Waals surface area (Å²) >= 11 is 0. The van der Waals surface area contributed by atoms with E-state index in [-0.39, 0.29) is 18.9 Å². The third kappa shape index (κ3) is 4.41. The monoisotopic (exact) mass is 356 g/mol. The molecule has 1 saturated heterocycles. The highest BCUT2D eigenvalue weighted by Gasteiger charge is 2.25. The molecule has 1 fully saturated rings. The van der Waals surface area contributed by atoms with Crippen LogP contribution < -0.4 is 16.1 Å². The van der Waals surface area contributed by atoms with Gasteiger partial charge in [0.1, 0.15) is 0 Å². The number of rotatable bonds is 6. The van der Waals surface area contributed by atoms with Crippen LogP contribution in [0.15, 0.2) is 52.2 Å². The molecule has 2 aromatic rings. The molecule has 0 bridgehead atoms. The van der Waals surface area contributed by atoms with Gasteiger partial charge in [0.25, 0.3) is 5.56 Å². The highest BCUT2D eigenvalue weighted by atomic mass is 16.2. The Balaban J connectivity index is 1.48. The van der Waals surface area contributed by atoms with Crippen molar-refractivity contribution in [2.45, 2.75) is 19.4 Å². The molecule has 1 aliphatic heterocycles. The van der Waals surface area contributed by atoms with Gasteiger partial charge in [-0.05, 0) is 24.5 Å². The Morgan fingerprint density at radius 1 is 1.23 bits per heavy atom. The maximum Gasteiger partial charge on any atom is 0.328 e. The lowest BCUT2D eigenvalue weighted by molar-refractivity contribution is -0.130. The number of aromatic nitrogens is 2. The van der Waals surface area contributed by atoms with Gasteiger partial charge in [-0.1, -0.05) is 18.2 Å². The standard InChI is InChI=1S/C19H24N4O3/c1-21(18(25)9-12-22-11-8-17(24)20-19(22)26)13-15-7-10-23(14-15)16-5-3-2-4-6-16/h2-6,8,11,15H,7,9-10,12-14H2,1H3,(H,20,24,26). The number of carbonyl (C=O) groups is 1. The number of hydrogen-bond donors (Lipinski definition) is 1. The van der Waals surface area contributed by atoms with E-state index in [1.807, 2.05) is 25.2 Å². The van der Waals surface area contributed by atoms with E-state index in [1.54, 1.807) is 4.90 Å². The van der Waals surface area contributed by atoms with Crippen molar-refractivity contribution in [3.63, 3.8) is 0 Å². The van der Waals surface area contributed by atoms with E-state index >= 15 is 0 Å². The van der Waals surface area contributed by atoms with Crippen molar-refractivity contribution in [2.75, 3.05) is 31.6 Å². The van der Waals surface area contributed by atoms with Crippen molar-refractivity contribution in [1.82, 2.24) is 14.5 Å². The predicted molar refractivity (Wildman–Crippen MR) is 100 cm³/mol. The predicted octanol–water partition coefficient (Wildman–Crippen LogP) is 0.912. The second kappa shape index (κ2) is 8.03. The zero-order chi connectivity index (χ0) is 18.5. The number of nitrogens with zero attached hydrogens (tertiary/aromatic N) is 3. The number of aromatic amines is 1. The van der Waals surface area contributed by atoms with Gasteiger partial charge >= 0.3 is 5.69 Å². The summed E-state index contributed by atoms with van der Waals surface area (Å²) in [7, 11) is 1.81. The molecule has 3 rings (SSSR count). The minimum absolute atomic E-state index is 0.00117. The Morgan fingerprint density at radius 2 is 2.00 bits per heavy atom. The normalized spacial score (nSPS) is 16.7. The first-order valence-electron chi connectivity index (χ1n) is 8.86. The number of hydrogen-bond acceptors (Lipinski definition) is 4. The molecule has 1 atom stereocenters. The van der Waals surface area contributed by atoms with E-state index in [9.17, 15) is 14.4 Å². The summed E-state index contributed by atoms with van der Waals surface area (Å²) in [4.78, 5) is 41.4. The highest BCUT2D eigenvalue weighted by Crippen LogP contribution is 2.23. The number of carbonyl (C=O) groups excluding carboxylic acids is 1. The molecule has 0 aliphatic carbocycles. The number of aryl methyl sites for hydroxylation is 1. The van der Waals surface area contributed by atoms with Gasteiger partial charge in [-0.25, -0.2) is 4.79 Å². The van der Waals surface area contributed by atoms with Gasteiger partial charge in [0.2, 0.25) is 5.91 Å². The van der Waals surface area contributed by atoms with E-state index in [2.05, 4.69) is 22.0 Å². The summed E-state index contributed by atoms with van der Waals surface area (Å²) in [5.41, 5.74) is 0.308. The molecule has 138 valence electrons. The molecule has 7 heteroatoms. The zero-order valence-electron chi connectivity index (χ0n) is 14.9. The summed E-state index contributed by atoms with van der Waals surface area (Å²) in [6.45, 7) is 2.92. The highest BCUT2D eigenvalue weighted by molar-refractivity contribution is 5.75. The number of anilines is 1. The third-order valence-electron chi connectivity index (χ3n) is 4.83. The molecule has 2 heterocycles. The Morgan fingerprint density at radius 3 is 2.73 bits per heavy atom. The SMILES string of the molecule is CN(CC1CCN(c2ccccc2)C1)C(=O)CCn1ccc(=O)[nH]c1=O. The van der Waals surface area contributed by atoms with Gasteiger partial charge < -0.3 is 14.4 Å². The molecular formula is C19H24N4O3. The quantitative estimate of drug-likeness (QED) is 0.835. The van der Waals surface area contributed by atoms with Crippen molar-refractivity contribution < 1.29 is 4.79 Å². The van der Waals surface area contributed by atoms with E-state index in [1.165, 1.54) is 22.5 Å². The fourth-order valence-electron chi connectivity index (χ4n) is 3.37. The minimum atomic E-state index is -0.484. The number of para-hydroxylation sites is 1. The molecular weight excluding hydrogens is 332 g/mol. The number of amides is 1. The second-order valence-corrected chi connectivity index (χ2v) is 6.76. The van der Waals surface area contributed by atoms with Crippen molar-refractivity contribution in [3.05, 3.63) is 63.4 Å². The van der Waals surface area contributed by atoms with Crippen molar-refractivity contribution in [2.24, 2.45) is 5.92 Å². The van der Waals surface area contributed by atoms with Gasteiger partial charge in [-0.3, -0.25) is 14.6 Å². The molecule has 0 spiro atoms. The molecule has 0 saturated carbocycles. The van der Waals surface area contributed by atoms with Crippen LogP contribution in [0.5, 0.6) is 0 Å². The summed E-state index contributed by atoms with van der Waals surface area (Å²) in [5.74, 6) is 0.446. The molecule has 7 nitrogen and oxygen atoms in total. The van der Waals surface area contributed by atoms with Gasteiger partial charge in [0.05, 0.1) is 0 Å². The maximum atomic E-state index is 12.4. The van der Waals surface area contributed by atoms with E-state index in [0.717, 1.165) is 19.5 Å². The Hall–Kier alpha value is -2.83. The van der Waals surface area contributed by atoms with Gasteiger partial charge in [-0.15, -0.1) is 0 Å². The number of H-pyrrole nitrogens is 1. The van der Waals surface area contributed by atoms with Gasteiger partial charge in [0.15, 0.2) is 0 Å². The van der Waals surface area contributed by atoms with Crippen LogP contribution >= 0.6 is 0 Å². The summed E-state index contributed by atoms with van der Waals surface area (Å²) in [6, 6.07) is 11.6. The Labute approximate surface area is 151 Å². The van der Waals surface area contributed by atoms with Crippen molar-refractivity contribution in [1.29, 1.82) is 0 Å². The Bertz CT molecular complexity index is 859. The van der Waals surface area contributed by atoms with E-state index < -0.39 is 11.2 Å². The average Bonchev–Trinajstić information content (AvgIpc) is 3.10. The molecule has 1 aromatic carbocycles. The molecule has 1 N–H and O–H groups in total. The lowest BCUT2D eigenvalue weighted by atomic mass is 10.1. The number of nitrogens with one attached hydrogen (secondary N) is 1. The molecule has 26 heavy (non-hydrogen) atoms. The molecule has 1 amide bonds. The van der Waals surface area contributed by atoms with Crippen LogP contribution in [0.4, 0.5) is 5.69 Å². The fourth-order valence-corrected chi connectivity index (χ4v) is 3.37. The molecule has 1 aromatic heterocycles. The first-order valence-corrected chi connectivity index (χ1v) is 8.86. The van der Waals surface area contributed by atoms with Gasteiger partial charge in [0, 0.05) is 57.6 Å². The van der Waals surface area contributed by atoms with Crippen LogP contribution in [0.25, 0.3) is 0 Å². The number of benzene rings is 1. The zero-order valence-corrected chi connectivity index (χ0v) is 14.9. The van der Waals surface area contributed by atoms with E-state index in [4.69, 9.17) is 0 Å². The van der Waals surface area contributed by atoms with Crippen molar-refractivity contribution in [3.8, 4) is 0 Å². The molecule has 1 unspecified atom stereocenters. The largest absolute Gasteiger partial charge is 0.371 e. The van der Waals surface area contributed by atoms with E-state index in [0.29, 0.717) is 12.5 Å². The topological polar surface area (TPSA) is 78.4 Å². The summed E-state index contributed by atoms with van der Waals surface area (Å²) in [6.07, 6.45) is 2.71.